The molecule has 0 saturated carbocycles. The van der Waals surface area contributed by atoms with Crippen molar-refractivity contribution in [2.45, 2.75) is 6.42 Å². The fourth-order valence-electron chi connectivity index (χ4n) is 2.46. The number of sulfonamides is 1. The van der Waals surface area contributed by atoms with Gasteiger partial charge in [0.1, 0.15) is 5.75 Å². The molecule has 0 atom stereocenters. The van der Waals surface area contributed by atoms with Crippen molar-refractivity contribution >= 4 is 27.7 Å². The molecule has 26 heavy (non-hydrogen) atoms. The van der Waals surface area contributed by atoms with Gasteiger partial charge in [0.15, 0.2) is 5.96 Å². The van der Waals surface area contributed by atoms with Crippen molar-refractivity contribution in [3.05, 3.63) is 30.3 Å². The fourth-order valence-corrected chi connectivity index (χ4v) is 4.95. The zero-order valence-corrected chi connectivity index (χ0v) is 16.8. The van der Waals surface area contributed by atoms with Gasteiger partial charge < -0.3 is 15.4 Å². The van der Waals surface area contributed by atoms with Crippen molar-refractivity contribution < 1.29 is 13.2 Å². The van der Waals surface area contributed by atoms with Gasteiger partial charge in [-0.1, -0.05) is 18.2 Å². The van der Waals surface area contributed by atoms with Gasteiger partial charge in [-0.25, -0.2) is 12.7 Å². The summed E-state index contributed by atoms with van der Waals surface area (Å²) in [7, 11) is -1.52. The van der Waals surface area contributed by atoms with Gasteiger partial charge in [-0.15, -0.1) is 0 Å². The number of rotatable bonds is 9. The first-order valence-corrected chi connectivity index (χ1v) is 11.6. The van der Waals surface area contributed by atoms with Crippen LogP contribution in [-0.4, -0.2) is 75.8 Å². The van der Waals surface area contributed by atoms with E-state index in [0.717, 1.165) is 23.7 Å². The first-order chi connectivity index (χ1) is 12.6. The van der Waals surface area contributed by atoms with E-state index in [1.54, 1.807) is 23.1 Å². The second-order valence-corrected chi connectivity index (χ2v) is 9.08. The minimum absolute atomic E-state index is 0.0789. The Bertz CT molecular complexity index is 647. The number of nitrogens with zero attached hydrogens (tertiary/aromatic N) is 2. The number of para-hydroxylation sites is 1. The highest BCUT2D eigenvalue weighted by Crippen LogP contribution is 2.13. The quantitative estimate of drug-likeness (QED) is 0.366. The number of aliphatic imine (C=N–C) groups is 1. The number of hydrogen-bond donors (Lipinski definition) is 2. The van der Waals surface area contributed by atoms with Gasteiger partial charge in [-0.3, -0.25) is 4.99 Å². The maximum Gasteiger partial charge on any atom is 0.215 e. The van der Waals surface area contributed by atoms with E-state index in [2.05, 4.69) is 15.6 Å². The molecule has 1 saturated heterocycles. The molecule has 1 aromatic carbocycles. The molecule has 1 fully saturated rings. The molecule has 7 nitrogen and oxygen atoms in total. The number of hydrogen-bond acceptors (Lipinski definition) is 5. The zero-order valence-electron chi connectivity index (χ0n) is 15.2. The van der Waals surface area contributed by atoms with Crippen LogP contribution in [0.25, 0.3) is 0 Å². The lowest BCUT2D eigenvalue weighted by Crippen LogP contribution is -2.44. The standard InChI is InChI=1S/C17H28N4O3S2/c1-18-17(19-8-5-12-24-16-6-3-2-4-7-16)20-9-15-26(22,23)21-10-13-25-14-11-21/h2-4,6-7H,5,8-15H2,1H3,(H2,18,19,20). The van der Waals surface area contributed by atoms with Crippen LogP contribution >= 0.6 is 11.8 Å². The van der Waals surface area contributed by atoms with E-state index >= 15 is 0 Å². The van der Waals surface area contributed by atoms with Crippen molar-refractivity contribution in [3.63, 3.8) is 0 Å². The van der Waals surface area contributed by atoms with E-state index in [9.17, 15) is 8.42 Å². The topological polar surface area (TPSA) is 83.0 Å². The average Bonchev–Trinajstić information content (AvgIpc) is 2.68. The number of guanidine groups is 1. The van der Waals surface area contributed by atoms with Gasteiger partial charge in [-0.2, -0.15) is 11.8 Å². The monoisotopic (exact) mass is 400 g/mol. The minimum Gasteiger partial charge on any atom is -0.494 e. The second kappa shape index (κ2) is 11.3. The Morgan fingerprint density at radius 1 is 1.19 bits per heavy atom. The lowest BCUT2D eigenvalue weighted by Gasteiger charge is -2.25. The smallest absolute Gasteiger partial charge is 0.215 e. The predicted molar refractivity (Wildman–Crippen MR) is 109 cm³/mol. The largest absolute Gasteiger partial charge is 0.494 e. The first-order valence-electron chi connectivity index (χ1n) is 8.80. The van der Waals surface area contributed by atoms with Crippen molar-refractivity contribution in [2.24, 2.45) is 4.99 Å². The Kier molecular flexibility index (Phi) is 9.07. The normalized spacial score (nSPS) is 16.3. The molecular formula is C17H28N4O3S2. The summed E-state index contributed by atoms with van der Waals surface area (Å²) in [5, 5.41) is 6.23. The molecule has 1 aliphatic rings. The van der Waals surface area contributed by atoms with E-state index in [0.29, 0.717) is 38.7 Å². The minimum atomic E-state index is -3.19. The van der Waals surface area contributed by atoms with Crippen molar-refractivity contribution in [2.75, 3.05) is 57.1 Å². The predicted octanol–water partition coefficient (Wildman–Crippen LogP) is 0.999. The first kappa shape index (κ1) is 20.9. The lowest BCUT2D eigenvalue weighted by molar-refractivity contribution is 0.311. The van der Waals surface area contributed by atoms with Crippen molar-refractivity contribution in [3.8, 4) is 5.75 Å². The molecule has 0 aliphatic carbocycles. The Morgan fingerprint density at radius 2 is 1.88 bits per heavy atom. The summed E-state index contributed by atoms with van der Waals surface area (Å²) in [4.78, 5) is 4.12. The Balaban J connectivity index is 1.60. The van der Waals surface area contributed by atoms with Crippen LogP contribution in [-0.2, 0) is 10.0 Å². The van der Waals surface area contributed by atoms with Gasteiger partial charge in [0.25, 0.3) is 0 Å². The number of nitrogens with one attached hydrogen (secondary N) is 2. The molecule has 2 rings (SSSR count). The molecule has 0 aromatic heterocycles. The molecule has 1 heterocycles. The molecule has 0 radical (unpaired) electrons. The van der Waals surface area contributed by atoms with Gasteiger partial charge >= 0.3 is 0 Å². The fraction of sp³-hybridized carbons (Fsp3) is 0.588. The van der Waals surface area contributed by atoms with Crippen LogP contribution < -0.4 is 15.4 Å². The van der Waals surface area contributed by atoms with Crippen LogP contribution in [0.15, 0.2) is 35.3 Å². The highest BCUT2D eigenvalue weighted by molar-refractivity contribution is 7.99. The van der Waals surface area contributed by atoms with Gasteiger partial charge in [0.05, 0.1) is 12.4 Å². The van der Waals surface area contributed by atoms with Crippen LogP contribution in [0.3, 0.4) is 0 Å². The van der Waals surface area contributed by atoms with E-state index in [1.165, 1.54) is 0 Å². The zero-order chi connectivity index (χ0) is 18.7. The molecule has 2 N–H and O–H groups in total. The van der Waals surface area contributed by atoms with E-state index in [1.807, 2.05) is 30.3 Å². The third-order valence-electron chi connectivity index (χ3n) is 3.87. The highest BCUT2D eigenvalue weighted by Gasteiger charge is 2.23. The Hall–Kier alpha value is -1.45. The summed E-state index contributed by atoms with van der Waals surface area (Å²) in [5.74, 6) is 3.29. The van der Waals surface area contributed by atoms with Crippen LogP contribution in [0.1, 0.15) is 6.42 Å². The van der Waals surface area contributed by atoms with Crippen LogP contribution in [0.4, 0.5) is 0 Å². The maximum atomic E-state index is 12.3. The number of ether oxygens (including phenoxy) is 1. The molecule has 0 spiro atoms. The maximum absolute atomic E-state index is 12.3. The molecule has 1 aromatic rings. The molecule has 0 bridgehead atoms. The second-order valence-electron chi connectivity index (χ2n) is 5.77. The number of benzene rings is 1. The summed E-state index contributed by atoms with van der Waals surface area (Å²) in [6, 6.07) is 9.69. The van der Waals surface area contributed by atoms with Gasteiger partial charge in [0.2, 0.25) is 10.0 Å². The van der Waals surface area contributed by atoms with Crippen molar-refractivity contribution in [1.29, 1.82) is 0 Å². The van der Waals surface area contributed by atoms with E-state index in [-0.39, 0.29) is 5.75 Å². The molecule has 0 unspecified atom stereocenters. The van der Waals surface area contributed by atoms with Gasteiger partial charge in [-0.05, 0) is 18.6 Å². The van der Waals surface area contributed by atoms with E-state index < -0.39 is 10.0 Å². The van der Waals surface area contributed by atoms with Crippen LogP contribution in [0, 0.1) is 0 Å². The molecule has 146 valence electrons. The summed E-state index contributed by atoms with van der Waals surface area (Å²) in [6.45, 7) is 2.87. The molecule has 1 aliphatic heterocycles. The van der Waals surface area contributed by atoms with Gasteiger partial charge in [0, 0.05) is 44.7 Å². The lowest BCUT2D eigenvalue weighted by atomic mass is 10.3. The van der Waals surface area contributed by atoms with Crippen LogP contribution in [0.2, 0.25) is 0 Å². The summed E-state index contributed by atoms with van der Waals surface area (Å²) >= 11 is 1.80. The average molecular weight is 401 g/mol. The molecule has 9 heteroatoms. The third-order valence-corrected chi connectivity index (χ3v) is 6.68. The highest BCUT2D eigenvalue weighted by atomic mass is 32.2. The SMILES string of the molecule is CN=C(NCCCOc1ccccc1)NCCS(=O)(=O)N1CCSCC1. The summed E-state index contributed by atoms with van der Waals surface area (Å²) in [6.07, 6.45) is 0.819. The molecule has 0 amide bonds. The number of thioether (sulfide) groups is 1. The summed E-state index contributed by atoms with van der Waals surface area (Å²) < 4.78 is 31.8. The third kappa shape index (κ3) is 7.43. The van der Waals surface area contributed by atoms with Crippen LogP contribution in [0.5, 0.6) is 5.75 Å². The Labute approximate surface area is 160 Å². The molecular weight excluding hydrogens is 372 g/mol. The Morgan fingerprint density at radius 3 is 2.58 bits per heavy atom. The summed E-state index contributed by atoms with van der Waals surface area (Å²) in [5.41, 5.74) is 0. The van der Waals surface area contributed by atoms with E-state index in [4.69, 9.17) is 4.74 Å². The van der Waals surface area contributed by atoms with Crippen molar-refractivity contribution in [1.82, 2.24) is 14.9 Å².